The number of nitrogens with two attached hydrogens (primary N) is 1. The summed E-state index contributed by atoms with van der Waals surface area (Å²) in [5.41, 5.74) is 8.37. The fourth-order valence-electron chi connectivity index (χ4n) is 2.08. The van der Waals surface area contributed by atoms with Crippen molar-refractivity contribution in [3.05, 3.63) is 17.5 Å². The highest BCUT2D eigenvalue weighted by molar-refractivity contribution is 5.09. The van der Waals surface area contributed by atoms with Crippen LogP contribution < -0.4 is 5.73 Å². The van der Waals surface area contributed by atoms with E-state index in [0.29, 0.717) is 5.92 Å². The highest BCUT2D eigenvalue weighted by atomic mass is 16.5. The molecule has 0 saturated heterocycles. The third-order valence-electron chi connectivity index (χ3n) is 2.73. The molecule has 92 valence electrons. The van der Waals surface area contributed by atoms with Crippen molar-refractivity contribution in [1.29, 1.82) is 0 Å². The van der Waals surface area contributed by atoms with Crippen LogP contribution in [0, 0.1) is 12.8 Å². The van der Waals surface area contributed by atoms with E-state index in [4.69, 9.17) is 10.5 Å². The maximum atomic E-state index is 6.12. The van der Waals surface area contributed by atoms with Crippen molar-refractivity contribution in [2.45, 2.75) is 32.7 Å². The highest BCUT2D eigenvalue weighted by Gasteiger charge is 2.12. The minimum Gasteiger partial charge on any atom is -0.384 e. The van der Waals surface area contributed by atoms with Crippen molar-refractivity contribution in [3.63, 3.8) is 0 Å². The minimum absolute atomic E-state index is 0.181. The summed E-state index contributed by atoms with van der Waals surface area (Å²) in [7, 11) is 3.69. The van der Waals surface area contributed by atoms with Crippen LogP contribution in [0.15, 0.2) is 6.07 Å². The monoisotopic (exact) mass is 225 g/mol. The van der Waals surface area contributed by atoms with Crippen molar-refractivity contribution in [2.75, 3.05) is 13.7 Å². The van der Waals surface area contributed by atoms with E-state index < -0.39 is 0 Å². The van der Waals surface area contributed by atoms with Gasteiger partial charge in [-0.05, 0) is 25.3 Å². The Balaban J connectivity index is 2.45. The topological polar surface area (TPSA) is 53.1 Å². The van der Waals surface area contributed by atoms with E-state index in [1.165, 1.54) is 5.69 Å². The maximum Gasteiger partial charge on any atom is 0.0596 e. The molecule has 2 unspecified atom stereocenters. The first kappa shape index (κ1) is 13.2. The predicted molar refractivity (Wildman–Crippen MR) is 65.3 cm³/mol. The van der Waals surface area contributed by atoms with Crippen molar-refractivity contribution in [3.8, 4) is 0 Å². The van der Waals surface area contributed by atoms with Crippen LogP contribution in [0.4, 0.5) is 0 Å². The van der Waals surface area contributed by atoms with Gasteiger partial charge >= 0.3 is 0 Å². The number of methoxy groups -OCH3 is 1. The van der Waals surface area contributed by atoms with Gasteiger partial charge in [-0.1, -0.05) is 6.92 Å². The Morgan fingerprint density at radius 3 is 2.75 bits per heavy atom. The molecular weight excluding hydrogens is 202 g/mol. The number of aromatic nitrogens is 2. The van der Waals surface area contributed by atoms with Gasteiger partial charge in [-0.25, -0.2) is 0 Å². The zero-order valence-electron chi connectivity index (χ0n) is 10.7. The van der Waals surface area contributed by atoms with Crippen LogP contribution in [0.5, 0.6) is 0 Å². The SMILES string of the molecule is COCC(C)CC(N)Cc1cc(C)nn1C. The summed E-state index contributed by atoms with van der Waals surface area (Å²) in [6.45, 7) is 4.94. The lowest BCUT2D eigenvalue weighted by atomic mass is 9.99. The summed E-state index contributed by atoms with van der Waals surface area (Å²) in [6, 6.07) is 2.28. The van der Waals surface area contributed by atoms with Crippen LogP contribution in [0.2, 0.25) is 0 Å². The molecule has 0 radical (unpaired) electrons. The Morgan fingerprint density at radius 1 is 1.56 bits per heavy atom. The van der Waals surface area contributed by atoms with Gasteiger partial charge in [-0.2, -0.15) is 5.10 Å². The highest BCUT2D eigenvalue weighted by Crippen LogP contribution is 2.10. The van der Waals surface area contributed by atoms with E-state index in [0.717, 1.165) is 25.1 Å². The number of rotatable bonds is 6. The predicted octanol–water partition coefficient (Wildman–Crippen LogP) is 1.27. The molecule has 0 aliphatic rings. The van der Waals surface area contributed by atoms with Gasteiger partial charge in [0, 0.05) is 38.9 Å². The zero-order chi connectivity index (χ0) is 12.1. The average Bonchev–Trinajstić information content (AvgIpc) is 2.44. The van der Waals surface area contributed by atoms with Gasteiger partial charge in [0.25, 0.3) is 0 Å². The Bertz CT molecular complexity index is 322. The first-order valence-corrected chi connectivity index (χ1v) is 5.77. The van der Waals surface area contributed by atoms with Crippen LogP contribution in [-0.2, 0) is 18.2 Å². The molecule has 1 aromatic rings. The fraction of sp³-hybridized carbons (Fsp3) is 0.750. The minimum atomic E-state index is 0.181. The quantitative estimate of drug-likeness (QED) is 0.793. The fourth-order valence-corrected chi connectivity index (χ4v) is 2.08. The summed E-state index contributed by atoms with van der Waals surface area (Å²) in [4.78, 5) is 0. The summed E-state index contributed by atoms with van der Waals surface area (Å²) >= 11 is 0. The van der Waals surface area contributed by atoms with Crippen LogP contribution in [0.25, 0.3) is 0 Å². The van der Waals surface area contributed by atoms with Gasteiger partial charge in [-0.3, -0.25) is 4.68 Å². The molecule has 1 aromatic heterocycles. The van der Waals surface area contributed by atoms with E-state index >= 15 is 0 Å². The largest absolute Gasteiger partial charge is 0.384 e. The average molecular weight is 225 g/mol. The second kappa shape index (κ2) is 6.01. The molecule has 0 amide bonds. The Labute approximate surface area is 97.8 Å². The van der Waals surface area contributed by atoms with Gasteiger partial charge < -0.3 is 10.5 Å². The lowest BCUT2D eigenvalue weighted by molar-refractivity contribution is 0.152. The maximum absolute atomic E-state index is 6.12. The normalized spacial score (nSPS) is 15.1. The zero-order valence-corrected chi connectivity index (χ0v) is 10.7. The van der Waals surface area contributed by atoms with Gasteiger partial charge in [0.1, 0.15) is 0 Å². The molecule has 1 heterocycles. The summed E-state index contributed by atoms with van der Waals surface area (Å²) < 4.78 is 7.02. The van der Waals surface area contributed by atoms with E-state index in [-0.39, 0.29) is 6.04 Å². The molecule has 16 heavy (non-hydrogen) atoms. The smallest absolute Gasteiger partial charge is 0.0596 e. The molecule has 0 aromatic carbocycles. The molecule has 0 aliphatic heterocycles. The molecule has 4 heteroatoms. The molecule has 4 nitrogen and oxygen atoms in total. The van der Waals surface area contributed by atoms with E-state index in [1.54, 1.807) is 7.11 Å². The van der Waals surface area contributed by atoms with Crippen molar-refractivity contribution >= 4 is 0 Å². The first-order chi connectivity index (χ1) is 7.52. The summed E-state index contributed by atoms with van der Waals surface area (Å²) in [6.07, 6.45) is 1.86. The second-order valence-electron chi connectivity index (χ2n) is 4.66. The van der Waals surface area contributed by atoms with Gasteiger partial charge in [0.05, 0.1) is 5.69 Å². The van der Waals surface area contributed by atoms with Gasteiger partial charge in [0.15, 0.2) is 0 Å². The molecule has 0 saturated carbocycles. The molecule has 0 fully saturated rings. The molecule has 1 rings (SSSR count). The number of ether oxygens (including phenoxy) is 1. The lowest BCUT2D eigenvalue weighted by Gasteiger charge is -2.16. The van der Waals surface area contributed by atoms with Crippen LogP contribution in [-0.4, -0.2) is 29.5 Å². The lowest BCUT2D eigenvalue weighted by Crippen LogP contribution is -2.27. The van der Waals surface area contributed by atoms with Crippen molar-refractivity contribution < 1.29 is 4.74 Å². The Hall–Kier alpha value is -0.870. The number of hydrogen-bond acceptors (Lipinski definition) is 3. The summed E-state index contributed by atoms with van der Waals surface area (Å²) in [5.74, 6) is 0.509. The first-order valence-electron chi connectivity index (χ1n) is 5.77. The molecule has 2 N–H and O–H groups in total. The molecule has 2 atom stereocenters. The van der Waals surface area contributed by atoms with Crippen molar-refractivity contribution in [2.24, 2.45) is 18.7 Å². The molecule has 0 aliphatic carbocycles. The van der Waals surface area contributed by atoms with Crippen LogP contribution >= 0.6 is 0 Å². The third-order valence-corrected chi connectivity index (χ3v) is 2.73. The molecular formula is C12H23N3O. The number of nitrogens with zero attached hydrogens (tertiary/aromatic N) is 2. The Kier molecular flexibility index (Phi) is 4.96. The van der Waals surface area contributed by atoms with Crippen molar-refractivity contribution in [1.82, 2.24) is 9.78 Å². The summed E-state index contributed by atoms with van der Waals surface area (Å²) in [5, 5.41) is 4.32. The van der Waals surface area contributed by atoms with E-state index in [9.17, 15) is 0 Å². The second-order valence-corrected chi connectivity index (χ2v) is 4.66. The van der Waals surface area contributed by atoms with Gasteiger partial charge in [-0.15, -0.1) is 0 Å². The van der Waals surface area contributed by atoms with Crippen LogP contribution in [0.1, 0.15) is 24.7 Å². The Morgan fingerprint density at radius 2 is 2.25 bits per heavy atom. The van der Waals surface area contributed by atoms with Crippen LogP contribution in [0.3, 0.4) is 0 Å². The number of hydrogen-bond donors (Lipinski definition) is 1. The molecule has 0 bridgehead atoms. The molecule has 0 spiro atoms. The van der Waals surface area contributed by atoms with E-state index in [2.05, 4.69) is 18.1 Å². The standard InChI is InChI=1S/C12H23N3O/c1-9(8-16-4)5-11(13)7-12-6-10(2)14-15(12)3/h6,9,11H,5,7-8,13H2,1-4H3. The van der Waals surface area contributed by atoms with E-state index in [1.807, 2.05) is 18.7 Å². The third kappa shape index (κ3) is 3.94. The number of aryl methyl sites for hydroxylation is 2. The van der Waals surface area contributed by atoms with Gasteiger partial charge in [0.2, 0.25) is 0 Å².